The minimum Gasteiger partial charge on any atom is -0.0654 e. The number of rotatable bonds is 3. The van der Waals surface area contributed by atoms with Gasteiger partial charge in [-0.15, -0.1) is 0 Å². The van der Waals surface area contributed by atoms with Crippen molar-refractivity contribution < 1.29 is 0 Å². The van der Waals surface area contributed by atoms with E-state index in [2.05, 4.69) is 55.2 Å². The molecule has 118 valence electrons. The second kappa shape index (κ2) is 8.02. The van der Waals surface area contributed by atoms with Crippen molar-refractivity contribution >= 4 is 0 Å². The summed E-state index contributed by atoms with van der Waals surface area (Å²) in [6.45, 7) is 2.31. The van der Waals surface area contributed by atoms with E-state index in [1.165, 1.54) is 49.7 Å². The second-order valence-corrected chi connectivity index (χ2v) is 6.71. The van der Waals surface area contributed by atoms with Crippen molar-refractivity contribution in [2.45, 2.75) is 51.4 Å². The summed E-state index contributed by atoms with van der Waals surface area (Å²) in [7, 11) is 0. The zero-order valence-corrected chi connectivity index (χ0v) is 14.1. The highest BCUT2D eigenvalue weighted by Crippen LogP contribution is 2.38. The Labute approximate surface area is 140 Å². The van der Waals surface area contributed by atoms with Gasteiger partial charge >= 0.3 is 0 Å². The van der Waals surface area contributed by atoms with Gasteiger partial charge in [0, 0.05) is 11.1 Å². The van der Waals surface area contributed by atoms with Crippen molar-refractivity contribution in [3.8, 4) is 11.8 Å². The van der Waals surface area contributed by atoms with Gasteiger partial charge in [-0.2, -0.15) is 0 Å². The van der Waals surface area contributed by atoms with E-state index >= 15 is 0 Å². The Hall–Kier alpha value is -2.00. The first-order valence-electron chi connectivity index (χ1n) is 9.03. The lowest BCUT2D eigenvalue weighted by atomic mass is 9.76. The highest BCUT2D eigenvalue weighted by atomic mass is 14.3. The van der Waals surface area contributed by atoms with Crippen LogP contribution in [0.25, 0.3) is 0 Å². The fourth-order valence-corrected chi connectivity index (χ4v) is 3.80. The Morgan fingerprint density at radius 3 is 2.26 bits per heavy atom. The molecule has 0 saturated heterocycles. The van der Waals surface area contributed by atoms with Crippen LogP contribution in [-0.4, -0.2) is 0 Å². The molecule has 1 aliphatic rings. The van der Waals surface area contributed by atoms with Gasteiger partial charge in [-0.25, -0.2) is 0 Å². The molecule has 0 amide bonds. The number of hydrogen-bond acceptors (Lipinski definition) is 0. The average Bonchev–Trinajstić information content (AvgIpc) is 2.62. The molecule has 0 heterocycles. The molecule has 0 atom stereocenters. The largest absolute Gasteiger partial charge is 0.0654 e. The minimum absolute atomic E-state index is 0.698. The van der Waals surface area contributed by atoms with E-state index in [1.54, 1.807) is 0 Å². The summed E-state index contributed by atoms with van der Waals surface area (Å²) >= 11 is 0. The molecule has 0 aromatic heterocycles. The second-order valence-electron chi connectivity index (χ2n) is 6.71. The van der Waals surface area contributed by atoms with Crippen LogP contribution in [0, 0.1) is 17.8 Å². The lowest BCUT2D eigenvalue weighted by Crippen LogP contribution is -2.14. The van der Waals surface area contributed by atoms with Gasteiger partial charge in [0.05, 0.1) is 0 Å². The molecule has 0 aliphatic heterocycles. The standard InChI is InChI=1S/C23H26/c1-2-8-19-13-17-22(18-14-19)23-12-7-6-11-21(23)16-15-20-9-4-3-5-10-20/h3-7,9-12,19,22H,2,8,13-14,17-18H2,1H3. The lowest BCUT2D eigenvalue weighted by Gasteiger charge is -2.29. The molecule has 3 rings (SSSR count). The SMILES string of the molecule is CCCC1CCC(c2ccccc2C#Cc2ccccc2)CC1. The highest BCUT2D eigenvalue weighted by molar-refractivity contribution is 5.47. The molecule has 0 unspecified atom stereocenters. The number of hydrogen-bond donors (Lipinski definition) is 0. The van der Waals surface area contributed by atoms with Crippen LogP contribution in [-0.2, 0) is 0 Å². The van der Waals surface area contributed by atoms with Crippen LogP contribution < -0.4 is 0 Å². The van der Waals surface area contributed by atoms with E-state index in [9.17, 15) is 0 Å². The molecule has 0 bridgehead atoms. The van der Waals surface area contributed by atoms with E-state index in [0.29, 0.717) is 5.92 Å². The van der Waals surface area contributed by atoms with Crippen molar-refractivity contribution in [2.24, 2.45) is 5.92 Å². The van der Waals surface area contributed by atoms with Crippen molar-refractivity contribution in [2.75, 3.05) is 0 Å². The van der Waals surface area contributed by atoms with E-state index in [4.69, 9.17) is 0 Å². The van der Waals surface area contributed by atoms with Gasteiger partial charge in [-0.05, 0) is 61.3 Å². The molecule has 2 aromatic carbocycles. The van der Waals surface area contributed by atoms with Crippen LogP contribution >= 0.6 is 0 Å². The van der Waals surface area contributed by atoms with Crippen LogP contribution in [0.4, 0.5) is 0 Å². The van der Waals surface area contributed by atoms with Gasteiger partial charge in [0.1, 0.15) is 0 Å². The monoisotopic (exact) mass is 302 g/mol. The molecular weight excluding hydrogens is 276 g/mol. The summed E-state index contributed by atoms with van der Waals surface area (Å²) in [6, 6.07) is 19.0. The zero-order chi connectivity index (χ0) is 15.9. The highest BCUT2D eigenvalue weighted by Gasteiger charge is 2.22. The summed E-state index contributed by atoms with van der Waals surface area (Å²) in [5.41, 5.74) is 3.77. The maximum atomic E-state index is 3.41. The predicted octanol–water partition coefficient (Wildman–Crippen LogP) is 6.16. The molecule has 0 radical (unpaired) electrons. The van der Waals surface area contributed by atoms with Crippen molar-refractivity contribution in [3.05, 3.63) is 71.3 Å². The van der Waals surface area contributed by atoms with Crippen LogP contribution in [0.15, 0.2) is 54.6 Å². The Balaban J connectivity index is 1.76. The first kappa shape index (κ1) is 15.9. The third-order valence-corrected chi connectivity index (χ3v) is 5.06. The Bertz CT molecular complexity index is 664. The molecule has 0 spiro atoms. The van der Waals surface area contributed by atoms with Gasteiger partial charge in [-0.3, -0.25) is 0 Å². The summed E-state index contributed by atoms with van der Waals surface area (Å²) in [4.78, 5) is 0. The van der Waals surface area contributed by atoms with Gasteiger partial charge in [0.15, 0.2) is 0 Å². The van der Waals surface area contributed by atoms with Crippen LogP contribution in [0.2, 0.25) is 0 Å². The van der Waals surface area contributed by atoms with Crippen LogP contribution in [0.1, 0.15) is 68.1 Å². The first-order chi connectivity index (χ1) is 11.4. The summed E-state index contributed by atoms with van der Waals surface area (Å²) in [5, 5.41) is 0. The fourth-order valence-electron chi connectivity index (χ4n) is 3.80. The smallest absolute Gasteiger partial charge is 0.0283 e. The molecule has 0 nitrogen and oxygen atoms in total. The first-order valence-corrected chi connectivity index (χ1v) is 9.03. The lowest BCUT2D eigenvalue weighted by molar-refractivity contribution is 0.308. The Morgan fingerprint density at radius 2 is 1.52 bits per heavy atom. The molecule has 1 aliphatic carbocycles. The third-order valence-electron chi connectivity index (χ3n) is 5.06. The molecule has 23 heavy (non-hydrogen) atoms. The summed E-state index contributed by atoms with van der Waals surface area (Å²) in [5.74, 6) is 8.39. The van der Waals surface area contributed by atoms with E-state index < -0.39 is 0 Å². The molecular formula is C23H26. The quantitative estimate of drug-likeness (QED) is 0.596. The van der Waals surface area contributed by atoms with Gasteiger partial charge in [0.25, 0.3) is 0 Å². The molecule has 0 heteroatoms. The Morgan fingerprint density at radius 1 is 0.826 bits per heavy atom. The van der Waals surface area contributed by atoms with E-state index in [-0.39, 0.29) is 0 Å². The molecule has 2 aromatic rings. The summed E-state index contributed by atoms with van der Waals surface area (Å²) in [6.07, 6.45) is 8.16. The maximum Gasteiger partial charge on any atom is 0.0283 e. The molecule has 1 fully saturated rings. The van der Waals surface area contributed by atoms with Crippen molar-refractivity contribution in [3.63, 3.8) is 0 Å². The zero-order valence-electron chi connectivity index (χ0n) is 14.1. The van der Waals surface area contributed by atoms with Gasteiger partial charge in [-0.1, -0.05) is 68.0 Å². The average molecular weight is 302 g/mol. The minimum atomic E-state index is 0.698. The van der Waals surface area contributed by atoms with Crippen LogP contribution in [0.5, 0.6) is 0 Å². The van der Waals surface area contributed by atoms with Gasteiger partial charge in [0.2, 0.25) is 0 Å². The van der Waals surface area contributed by atoms with Crippen molar-refractivity contribution in [1.29, 1.82) is 0 Å². The third kappa shape index (κ3) is 4.26. The fraction of sp³-hybridized carbons (Fsp3) is 0.391. The van der Waals surface area contributed by atoms with Crippen molar-refractivity contribution in [1.82, 2.24) is 0 Å². The van der Waals surface area contributed by atoms with E-state index in [1.807, 2.05) is 18.2 Å². The number of benzene rings is 2. The topological polar surface area (TPSA) is 0 Å². The van der Waals surface area contributed by atoms with E-state index in [0.717, 1.165) is 11.5 Å². The molecule has 1 saturated carbocycles. The maximum absolute atomic E-state index is 3.41. The molecule has 0 N–H and O–H groups in total. The van der Waals surface area contributed by atoms with Crippen LogP contribution in [0.3, 0.4) is 0 Å². The predicted molar refractivity (Wildman–Crippen MR) is 98.5 cm³/mol. The Kier molecular flexibility index (Phi) is 5.54. The summed E-state index contributed by atoms with van der Waals surface area (Å²) < 4.78 is 0. The normalized spacial score (nSPS) is 20.6. The van der Waals surface area contributed by atoms with Gasteiger partial charge < -0.3 is 0 Å².